The summed E-state index contributed by atoms with van der Waals surface area (Å²) in [6.45, 7) is 5.39. The van der Waals surface area contributed by atoms with Crippen LogP contribution in [-0.4, -0.2) is 36.8 Å². The van der Waals surface area contributed by atoms with Crippen molar-refractivity contribution in [1.82, 2.24) is 0 Å². The average molecular weight is 377 g/mol. The number of furan rings is 2. The minimum absolute atomic E-state index is 0.0229. The lowest BCUT2D eigenvalue weighted by Crippen LogP contribution is -2.22. The van der Waals surface area contributed by atoms with Crippen molar-refractivity contribution < 1.29 is 37.5 Å². The highest BCUT2D eigenvalue weighted by molar-refractivity contribution is 6.10. The van der Waals surface area contributed by atoms with Crippen molar-refractivity contribution in [1.29, 1.82) is 0 Å². The van der Waals surface area contributed by atoms with Crippen LogP contribution in [-0.2, 0) is 14.3 Å². The number of rotatable bonds is 7. The zero-order valence-corrected chi connectivity index (χ0v) is 15.3. The molecule has 1 amide bonds. The molecule has 2 aromatic rings. The Balaban J connectivity index is 2.14. The van der Waals surface area contributed by atoms with Gasteiger partial charge in [0, 0.05) is 0 Å². The van der Waals surface area contributed by atoms with Gasteiger partial charge >= 0.3 is 11.9 Å². The molecular formula is C18H19NO8. The molecule has 0 aliphatic heterocycles. The summed E-state index contributed by atoms with van der Waals surface area (Å²) in [4.78, 5) is 48.0. The van der Waals surface area contributed by atoms with E-state index in [0.29, 0.717) is 5.76 Å². The van der Waals surface area contributed by atoms with Crippen LogP contribution in [0.1, 0.15) is 56.4 Å². The van der Waals surface area contributed by atoms with E-state index < -0.39 is 30.2 Å². The summed E-state index contributed by atoms with van der Waals surface area (Å²) in [6.07, 6.45) is 1.33. The molecule has 27 heavy (non-hydrogen) atoms. The zero-order valence-electron chi connectivity index (χ0n) is 15.3. The molecule has 0 fully saturated rings. The number of amides is 1. The van der Waals surface area contributed by atoms with Crippen LogP contribution in [0.25, 0.3) is 0 Å². The molecule has 0 unspecified atom stereocenters. The SMILES string of the molecule is CCOC(=O)c1c(NC(=O)COC(=O)c2ccoc2C)oc(C)c1C(C)=O. The Morgan fingerprint density at radius 2 is 1.74 bits per heavy atom. The number of aryl methyl sites for hydroxylation is 2. The largest absolute Gasteiger partial charge is 0.469 e. The first-order valence-electron chi connectivity index (χ1n) is 8.08. The van der Waals surface area contributed by atoms with Crippen molar-refractivity contribution in [2.75, 3.05) is 18.5 Å². The molecule has 0 aromatic carbocycles. The second-order valence-electron chi connectivity index (χ2n) is 5.53. The molecule has 0 aliphatic carbocycles. The predicted octanol–water partition coefficient (Wildman–Crippen LogP) is 2.66. The second-order valence-corrected chi connectivity index (χ2v) is 5.53. The Labute approximate surface area is 154 Å². The van der Waals surface area contributed by atoms with Crippen LogP contribution in [0.4, 0.5) is 5.88 Å². The number of esters is 2. The van der Waals surface area contributed by atoms with Crippen LogP contribution < -0.4 is 5.32 Å². The molecule has 144 valence electrons. The maximum absolute atomic E-state index is 12.2. The first-order valence-corrected chi connectivity index (χ1v) is 8.08. The molecule has 0 saturated heterocycles. The lowest BCUT2D eigenvalue weighted by molar-refractivity contribution is -0.119. The van der Waals surface area contributed by atoms with Crippen LogP contribution in [0.3, 0.4) is 0 Å². The number of hydrogen-bond acceptors (Lipinski definition) is 8. The van der Waals surface area contributed by atoms with Crippen LogP contribution in [0.5, 0.6) is 0 Å². The molecular weight excluding hydrogens is 358 g/mol. The van der Waals surface area contributed by atoms with Gasteiger partial charge in [0.1, 0.15) is 22.6 Å². The minimum atomic E-state index is -0.805. The smallest absolute Gasteiger partial charge is 0.344 e. The summed E-state index contributed by atoms with van der Waals surface area (Å²) < 4.78 is 20.1. The van der Waals surface area contributed by atoms with E-state index >= 15 is 0 Å². The number of ether oxygens (including phenoxy) is 2. The molecule has 0 radical (unpaired) electrons. The van der Waals surface area contributed by atoms with Gasteiger partial charge in [-0.05, 0) is 33.8 Å². The topological polar surface area (TPSA) is 125 Å². The number of anilines is 1. The predicted molar refractivity (Wildman–Crippen MR) is 91.8 cm³/mol. The van der Waals surface area contributed by atoms with Crippen LogP contribution in [0.2, 0.25) is 0 Å². The molecule has 2 aromatic heterocycles. The zero-order chi connectivity index (χ0) is 20.1. The lowest BCUT2D eigenvalue weighted by atomic mass is 10.1. The second kappa shape index (κ2) is 8.35. The third kappa shape index (κ3) is 4.43. The Morgan fingerprint density at radius 3 is 2.30 bits per heavy atom. The number of Topliss-reactive ketones (excluding diaryl/α,β-unsaturated/α-hetero) is 1. The van der Waals surface area contributed by atoms with Crippen molar-refractivity contribution in [3.8, 4) is 0 Å². The van der Waals surface area contributed by atoms with Crippen LogP contribution in [0.15, 0.2) is 21.2 Å². The average Bonchev–Trinajstić information content (AvgIpc) is 3.16. The van der Waals surface area contributed by atoms with E-state index in [9.17, 15) is 19.2 Å². The molecule has 0 spiro atoms. The third-order valence-electron chi connectivity index (χ3n) is 3.58. The van der Waals surface area contributed by atoms with Gasteiger partial charge in [-0.2, -0.15) is 0 Å². The first kappa shape index (κ1) is 20.0. The quantitative estimate of drug-likeness (QED) is 0.577. The number of nitrogens with one attached hydrogen (secondary N) is 1. The van der Waals surface area contributed by atoms with E-state index in [4.69, 9.17) is 18.3 Å². The van der Waals surface area contributed by atoms with E-state index in [2.05, 4.69) is 5.32 Å². The molecule has 0 bridgehead atoms. The molecule has 9 nitrogen and oxygen atoms in total. The number of carbonyl (C=O) groups excluding carboxylic acids is 4. The van der Waals surface area contributed by atoms with Gasteiger partial charge in [-0.1, -0.05) is 0 Å². The molecule has 9 heteroatoms. The van der Waals surface area contributed by atoms with Crippen molar-refractivity contribution in [2.24, 2.45) is 0 Å². The van der Waals surface area contributed by atoms with Crippen molar-refractivity contribution in [2.45, 2.75) is 27.7 Å². The highest BCUT2D eigenvalue weighted by Crippen LogP contribution is 2.28. The highest BCUT2D eigenvalue weighted by atomic mass is 16.5. The van der Waals surface area contributed by atoms with E-state index in [1.54, 1.807) is 13.8 Å². The summed E-state index contributed by atoms with van der Waals surface area (Å²) in [5.41, 5.74) is 0.0460. The van der Waals surface area contributed by atoms with Gasteiger partial charge < -0.3 is 18.3 Å². The Kier molecular flexibility index (Phi) is 6.17. The molecule has 2 heterocycles. The van der Waals surface area contributed by atoms with Gasteiger partial charge in [-0.3, -0.25) is 14.9 Å². The Morgan fingerprint density at radius 1 is 1.04 bits per heavy atom. The molecule has 0 atom stereocenters. The van der Waals surface area contributed by atoms with Crippen molar-refractivity contribution in [3.05, 3.63) is 40.5 Å². The fourth-order valence-corrected chi connectivity index (χ4v) is 2.42. The fraction of sp³-hybridized carbons (Fsp3) is 0.333. The molecule has 1 N–H and O–H groups in total. The highest BCUT2D eigenvalue weighted by Gasteiger charge is 2.29. The van der Waals surface area contributed by atoms with Gasteiger partial charge in [-0.15, -0.1) is 0 Å². The summed E-state index contributed by atoms with van der Waals surface area (Å²) in [5, 5.41) is 2.32. The van der Waals surface area contributed by atoms with Crippen LogP contribution >= 0.6 is 0 Å². The Hall–Kier alpha value is -3.36. The van der Waals surface area contributed by atoms with Crippen molar-refractivity contribution >= 4 is 29.5 Å². The van der Waals surface area contributed by atoms with E-state index in [-0.39, 0.29) is 34.9 Å². The maximum Gasteiger partial charge on any atom is 0.344 e. The third-order valence-corrected chi connectivity index (χ3v) is 3.58. The molecule has 0 saturated carbocycles. The monoisotopic (exact) mass is 377 g/mol. The minimum Gasteiger partial charge on any atom is -0.469 e. The van der Waals surface area contributed by atoms with Gasteiger partial charge in [-0.25, -0.2) is 9.59 Å². The maximum atomic E-state index is 12.2. The Bertz CT molecular complexity index is 889. The summed E-state index contributed by atoms with van der Waals surface area (Å²) >= 11 is 0. The number of hydrogen-bond donors (Lipinski definition) is 1. The van der Waals surface area contributed by atoms with E-state index in [0.717, 1.165) is 0 Å². The van der Waals surface area contributed by atoms with Gasteiger partial charge in [0.15, 0.2) is 12.4 Å². The summed E-state index contributed by atoms with van der Waals surface area (Å²) in [7, 11) is 0. The molecule has 2 rings (SSSR count). The summed E-state index contributed by atoms with van der Waals surface area (Å²) in [6, 6.07) is 1.42. The van der Waals surface area contributed by atoms with E-state index in [1.807, 2.05) is 0 Å². The van der Waals surface area contributed by atoms with Gasteiger partial charge in [0.2, 0.25) is 5.88 Å². The number of carbonyl (C=O) groups is 4. The number of ketones is 1. The fourth-order valence-electron chi connectivity index (χ4n) is 2.42. The first-order chi connectivity index (χ1) is 12.8. The molecule has 0 aliphatic rings. The van der Waals surface area contributed by atoms with Crippen LogP contribution in [0, 0.1) is 13.8 Å². The standard InChI is InChI=1S/C18H19NO8/c1-5-24-18(23)15-14(9(2)20)11(4)27-16(15)19-13(21)8-26-17(22)12-6-7-25-10(12)3/h6-7H,5,8H2,1-4H3,(H,19,21). The normalized spacial score (nSPS) is 10.4. The lowest BCUT2D eigenvalue weighted by Gasteiger charge is -2.07. The van der Waals surface area contributed by atoms with Gasteiger partial charge in [0.25, 0.3) is 5.91 Å². The van der Waals surface area contributed by atoms with E-state index in [1.165, 1.54) is 26.2 Å². The summed E-state index contributed by atoms with van der Waals surface area (Å²) in [5.74, 6) is -2.43. The van der Waals surface area contributed by atoms with Crippen molar-refractivity contribution in [3.63, 3.8) is 0 Å². The van der Waals surface area contributed by atoms with Gasteiger partial charge in [0.05, 0.1) is 18.4 Å².